The van der Waals surface area contributed by atoms with E-state index >= 15 is 0 Å². The van der Waals surface area contributed by atoms with Crippen LogP contribution >= 0.6 is 0 Å². The average molecular weight is 339 g/mol. The molecule has 0 amide bonds. The third-order valence-corrected chi connectivity index (χ3v) is 5.00. The van der Waals surface area contributed by atoms with Crippen molar-refractivity contribution in [2.75, 3.05) is 20.2 Å². The van der Waals surface area contributed by atoms with Crippen LogP contribution in [0.2, 0.25) is 0 Å². The van der Waals surface area contributed by atoms with Crippen molar-refractivity contribution in [2.45, 2.75) is 25.5 Å². The van der Waals surface area contributed by atoms with Crippen LogP contribution in [0.25, 0.3) is 0 Å². The number of carbonyl (C=O) groups excluding carboxylic acids is 1. The van der Waals surface area contributed by atoms with Crippen LogP contribution in [0.15, 0.2) is 54.6 Å². The predicted octanol–water partition coefficient (Wildman–Crippen LogP) is 3.42. The van der Waals surface area contributed by atoms with Gasteiger partial charge in [-0.3, -0.25) is 4.90 Å². The fourth-order valence-corrected chi connectivity index (χ4v) is 3.47. The third-order valence-electron chi connectivity index (χ3n) is 5.00. The lowest BCUT2D eigenvalue weighted by Crippen LogP contribution is -2.35. The summed E-state index contributed by atoms with van der Waals surface area (Å²) in [5, 5.41) is 10.6. The van der Waals surface area contributed by atoms with Crippen LogP contribution in [-0.4, -0.2) is 36.2 Å². The summed E-state index contributed by atoms with van der Waals surface area (Å²) in [6, 6.07) is 17.5. The first-order valence-corrected chi connectivity index (χ1v) is 8.80. The van der Waals surface area contributed by atoms with Gasteiger partial charge in [0.25, 0.3) is 0 Å². The molecular weight excluding hydrogens is 314 g/mol. The first-order valence-electron chi connectivity index (χ1n) is 8.80. The lowest BCUT2D eigenvalue weighted by molar-refractivity contribution is 0.0568. The highest BCUT2D eigenvalue weighted by Gasteiger charge is 2.26. The Hall–Kier alpha value is -2.17. The van der Waals surface area contributed by atoms with E-state index in [1.165, 1.54) is 12.7 Å². The van der Waals surface area contributed by atoms with Gasteiger partial charge in [0.15, 0.2) is 0 Å². The van der Waals surface area contributed by atoms with Gasteiger partial charge in [-0.05, 0) is 55.1 Å². The lowest BCUT2D eigenvalue weighted by Gasteiger charge is -2.34. The molecule has 2 aromatic carbocycles. The first-order chi connectivity index (χ1) is 12.2. The number of aliphatic hydroxyl groups is 1. The van der Waals surface area contributed by atoms with E-state index in [1.54, 1.807) is 0 Å². The summed E-state index contributed by atoms with van der Waals surface area (Å²) >= 11 is 0. The van der Waals surface area contributed by atoms with Gasteiger partial charge in [0.1, 0.15) is 0 Å². The number of likely N-dealkylation sites (tertiary alicyclic amines) is 1. The van der Waals surface area contributed by atoms with E-state index < -0.39 is 0 Å². The van der Waals surface area contributed by atoms with Gasteiger partial charge in [0.05, 0.1) is 18.8 Å². The number of nitrogens with zero attached hydrogens (tertiary/aromatic N) is 1. The molecule has 25 heavy (non-hydrogen) atoms. The molecule has 1 unspecified atom stereocenters. The fraction of sp³-hybridized carbons (Fsp3) is 0.381. The Balaban J connectivity index is 1.52. The van der Waals surface area contributed by atoms with E-state index in [-0.39, 0.29) is 12.1 Å². The molecule has 0 saturated carbocycles. The highest BCUT2D eigenvalue weighted by Crippen LogP contribution is 2.31. The minimum Gasteiger partial charge on any atom is -0.465 e. The number of ether oxygens (including phenoxy) is 1. The molecule has 2 aromatic rings. The Morgan fingerprint density at radius 2 is 1.76 bits per heavy atom. The molecule has 1 atom stereocenters. The first kappa shape index (κ1) is 17.6. The Morgan fingerprint density at radius 3 is 2.36 bits per heavy atom. The van der Waals surface area contributed by atoms with E-state index in [2.05, 4.69) is 4.90 Å². The number of benzene rings is 2. The van der Waals surface area contributed by atoms with Gasteiger partial charge in [-0.25, -0.2) is 4.79 Å². The Labute approximate surface area is 149 Å². The topological polar surface area (TPSA) is 49.8 Å². The lowest BCUT2D eigenvalue weighted by atomic mass is 9.87. The van der Waals surface area contributed by atoms with Gasteiger partial charge in [-0.15, -0.1) is 0 Å². The van der Waals surface area contributed by atoms with Gasteiger partial charge in [0, 0.05) is 6.54 Å². The molecule has 0 spiro atoms. The number of methoxy groups -OCH3 is 1. The van der Waals surface area contributed by atoms with E-state index in [4.69, 9.17) is 4.74 Å². The van der Waals surface area contributed by atoms with Crippen LogP contribution in [0.5, 0.6) is 0 Å². The van der Waals surface area contributed by atoms with Gasteiger partial charge in [0.2, 0.25) is 0 Å². The summed E-state index contributed by atoms with van der Waals surface area (Å²) < 4.78 is 4.72. The molecule has 0 bridgehead atoms. The van der Waals surface area contributed by atoms with Crippen LogP contribution in [-0.2, 0) is 11.3 Å². The summed E-state index contributed by atoms with van der Waals surface area (Å²) in [7, 11) is 1.39. The molecule has 1 heterocycles. The SMILES string of the molecule is COC(=O)c1ccc(CN2CCC(C(O)c3ccccc3)CC2)cc1. The summed E-state index contributed by atoms with van der Waals surface area (Å²) in [4.78, 5) is 13.9. The van der Waals surface area contributed by atoms with Crippen LogP contribution in [0.1, 0.15) is 40.4 Å². The number of hydrogen-bond donors (Lipinski definition) is 1. The molecule has 0 aromatic heterocycles. The molecule has 3 rings (SSSR count). The van der Waals surface area contributed by atoms with Crippen LogP contribution in [0, 0.1) is 5.92 Å². The van der Waals surface area contributed by atoms with Crippen LogP contribution in [0.3, 0.4) is 0 Å². The average Bonchev–Trinajstić information content (AvgIpc) is 2.68. The van der Waals surface area contributed by atoms with Crippen molar-refractivity contribution in [2.24, 2.45) is 5.92 Å². The minimum atomic E-state index is -0.373. The van der Waals surface area contributed by atoms with E-state index in [0.29, 0.717) is 11.5 Å². The second-order valence-electron chi connectivity index (χ2n) is 6.66. The van der Waals surface area contributed by atoms with Crippen molar-refractivity contribution in [3.63, 3.8) is 0 Å². The molecule has 1 aliphatic rings. The number of aliphatic hydroxyl groups excluding tert-OH is 1. The number of esters is 1. The second-order valence-corrected chi connectivity index (χ2v) is 6.66. The normalized spacial score (nSPS) is 17.2. The van der Waals surface area contributed by atoms with Crippen LogP contribution in [0.4, 0.5) is 0 Å². The minimum absolute atomic E-state index is 0.303. The number of rotatable bonds is 5. The Morgan fingerprint density at radius 1 is 1.12 bits per heavy atom. The van der Waals surface area contributed by atoms with Gasteiger partial charge >= 0.3 is 5.97 Å². The summed E-state index contributed by atoms with van der Waals surface area (Å²) in [6.07, 6.45) is 1.62. The molecule has 0 radical (unpaired) electrons. The van der Waals surface area contributed by atoms with Gasteiger partial charge < -0.3 is 9.84 Å². The van der Waals surface area contributed by atoms with Crippen molar-refractivity contribution in [3.8, 4) is 0 Å². The standard InChI is InChI=1S/C21H25NO3/c1-25-21(24)19-9-7-16(8-10-19)15-22-13-11-18(12-14-22)20(23)17-5-3-2-4-6-17/h2-10,18,20,23H,11-15H2,1H3. The zero-order chi connectivity index (χ0) is 17.6. The molecule has 0 aliphatic carbocycles. The molecule has 4 heteroatoms. The molecular formula is C21H25NO3. The summed E-state index contributed by atoms with van der Waals surface area (Å²) in [5.74, 6) is 0.0163. The Bertz CT molecular complexity index is 676. The van der Waals surface area contributed by atoms with Crippen molar-refractivity contribution < 1.29 is 14.6 Å². The maximum Gasteiger partial charge on any atom is 0.337 e. The molecule has 4 nitrogen and oxygen atoms in total. The van der Waals surface area contributed by atoms with E-state index in [9.17, 15) is 9.90 Å². The van der Waals surface area contributed by atoms with Crippen molar-refractivity contribution in [1.82, 2.24) is 4.90 Å². The largest absolute Gasteiger partial charge is 0.465 e. The number of hydrogen-bond acceptors (Lipinski definition) is 4. The summed E-state index contributed by atoms with van der Waals surface area (Å²) in [6.45, 7) is 2.83. The van der Waals surface area contributed by atoms with Crippen LogP contribution < -0.4 is 0 Å². The van der Waals surface area contributed by atoms with Gasteiger partial charge in [-0.2, -0.15) is 0 Å². The molecule has 1 fully saturated rings. The molecule has 1 aliphatic heterocycles. The molecule has 132 valence electrons. The van der Waals surface area contributed by atoms with Crippen molar-refractivity contribution >= 4 is 5.97 Å². The van der Waals surface area contributed by atoms with Crippen molar-refractivity contribution in [3.05, 3.63) is 71.3 Å². The smallest absolute Gasteiger partial charge is 0.337 e. The van der Waals surface area contributed by atoms with E-state index in [1.807, 2.05) is 54.6 Å². The second kappa shape index (κ2) is 8.28. The maximum atomic E-state index is 11.5. The predicted molar refractivity (Wildman–Crippen MR) is 97.2 cm³/mol. The highest BCUT2D eigenvalue weighted by molar-refractivity contribution is 5.89. The number of piperidine rings is 1. The monoisotopic (exact) mass is 339 g/mol. The van der Waals surface area contributed by atoms with E-state index in [0.717, 1.165) is 38.0 Å². The summed E-state index contributed by atoms with van der Waals surface area (Å²) in [5.41, 5.74) is 2.78. The third kappa shape index (κ3) is 4.47. The molecule has 1 N–H and O–H groups in total. The van der Waals surface area contributed by atoms with Gasteiger partial charge in [-0.1, -0.05) is 42.5 Å². The zero-order valence-corrected chi connectivity index (χ0v) is 14.6. The molecule has 1 saturated heterocycles. The zero-order valence-electron chi connectivity index (χ0n) is 14.6. The Kier molecular flexibility index (Phi) is 5.84. The fourth-order valence-electron chi connectivity index (χ4n) is 3.47. The number of carbonyl (C=O) groups is 1. The highest BCUT2D eigenvalue weighted by atomic mass is 16.5. The quantitative estimate of drug-likeness (QED) is 0.848. The maximum absolute atomic E-state index is 11.5. The van der Waals surface area contributed by atoms with Crippen molar-refractivity contribution in [1.29, 1.82) is 0 Å².